The molecule has 1 aromatic rings. The maximum absolute atomic E-state index is 11.6. The molecule has 0 saturated carbocycles. The zero-order chi connectivity index (χ0) is 16.9. The van der Waals surface area contributed by atoms with Gasteiger partial charge in [-0.3, -0.25) is 14.9 Å². The number of carbonyl (C=O) groups is 2. The van der Waals surface area contributed by atoms with E-state index >= 15 is 0 Å². The zero-order valence-corrected chi connectivity index (χ0v) is 14.2. The van der Waals surface area contributed by atoms with E-state index < -0.39 is 23.6 Å². The Bertz CT molecular complexity index is 555. The SMILES string of the molecule is CC(C)(C)OC(=O)CNC(Cc1ccc(Cl)c(Cl)c1)C(=O)O. The lowest BCUT2D eigenvalue weighted by Crippen LogP contribution is -2.42. The van der Waals surface area contributed by atoms with Crippen LogP contribution in [0.5, 0.6) is 0 Å². The average Bonchev–Trinajstić information content (AvgIpc) is 2.36. The minimum atomic E-state index is -1.06. The summed E-state index contributed by atoms with van der Waals surface area (Å²) in [4.78, 5) is 22.9. The van der Waals surface area contributed by atoms with Crippen LogP contribution in [0.4, 0.5) is 0 Å². The number of halogens is 2. The summed E-state index contributed by atoms with van der Waals surface area (Å²) in [6.45, 7) is 5.05. The molecule has 0 saturated heterocycles. The first-order valence-corrected chi connectivity index (χ1v) is 7.46. The first kappa shape index (κ1) is 18.7. The molecule has 0 heterocycles. The first-order chi connectivity index (χ1) is 10.1. The van der Waals surface area contributed by atoms with Gasteiger partial charge in [-0.1, -0.05) is 29.3 Å². The third-order valence-electron chi connectivity index (χ3n) is 2.63. The highest BCUT2D eigenvalue weighted by molar-refractivity contribution is 6.42. The normalized spacial score (nSPS) is 12.8. The maximum atomic E-state index is 11.6. The lowest BCUT2D eigenvalue weighted by atomic mass is 10.1. The van der Waals surface area contributed by atoms with Gasteiger partial charge in [-0.2, -0.15) is 0 Å². The fourth-order valence-corrected chi connectivity index (χ4v) is 2.05. The number of carboxylic acids is 1. The van der Waals surface area contributed by atoms with E-state index in [0.717, 1.165) is 0 Å². The monoisotopic (exact) mass is 347 g/mol. The van der Waals surface area contributed by atoms with Crippen molar-refractivity contribution in [1.29, 1.82) is 0 Å². The lowest BCUT2D eigenvalue weighted by Gasteiger charge is -2.21. The Balaban J connectivity index is 2.64. The van der Waals surface area contributed by atoms with Gasteiger partial charge < -0.3 is 9.84 Å². The Morgan fingerprint density at radius 1 is 1.27 bits per heavy atom. The van der Waals surface area contributed by atoms with Crippen LogP contribution in [0.1, 0.15) is 26.3 Å². The zero-order valence-electron chi connectivity index (χ0n) is 12.7. The van der Waals surface area contributed by atoms with Crippen LogP contribution in [-0.4, -0.2) is 35.2 Å². The second-order valence-corrected chi connectivity index (χ2v) is 6.63. The van der Waals surface area contributed by atoms with E-state index in [-0.39, 0.29) is 13.0 Å². The van der Waals surface area contributed by atoms with Gasteiger partial charge in [0.2, 0.25) is 0 Å². The van der Waals surface area contributed by atoms with Crippen molar-refractivity contribution in [2.75, 3.05) is 6.54 Å². The summed E-state index contributed by atoms with van der Waals surface area (Å²) in [7, 11) is 0. The van der Waals surface area contributed by atoms with Gasteiger partial charge in [-0.05, 0) is 44.9 Å². The molecule has 122 valence electrons. The molecule has 0 amide bonds. The van der Waals surface area contributed by atoms with E-state index in [2.05, 4.69) is 5.32 Å². The summed E-state index contributed by atoms with van der Waals surface area (Å²) in [5, 5.41) is 12.7. The van der Waals surface area contributed by atoms with Crippen LogP contribution in [0.15, 0.2) is 18.2 Å². The van der Waals surface area contributed by atoms with Crippen molar-refractivity contribution in [3.05, 3.63) is 33.8 Å². The largest absolute Gasteiger partial charge is 0.480 e. The summed E-state index contributed by atoms with van der Waals surface area (Å²) in [6, 6.07) is 3.98. The van der Waals surface area contributed by atoms with Crippen molar-refractivity contribution in [3.8, 4) is 0 Å². The van der Waals surface area contributed by atoms with Crippen molar-refractivity contribution < 1.29 is 19.4 Å². The molecule has 1 atom stereocenters. The van der Waals surface area contributed by atoms with Gasteiger partial charge >= 0.3 is 11.9 Å². The van der Waals surface area contributed by atoms with Crippen LogP contribution in [0.3, 0.4) is 0 Å². The van der Waals surface area contributed by atoms with E-state index in [1.807, 2.05) is 0 Å². The number of hydrogen-bond donors (Lipinski definition) is 2. The van der Waals surface area contributed by atoms with Crippen molar-refractivity contribution in [1.82, 2.24) is 5.32 Å². The molecule has 0 fully saturated rings. The summed E-state index contributed by atoms with van der Waals surface area (Å²) in [5.41, 5.74) is 0.0970. The van der Waals surface area contributed by atoms with Crippen LogP contribution >= 0.6 is 23.2 Å². The van der Waals surface area contributed by atoms with Gasteiger partial charge in [-0.25, -0.2) is 0 Å². The highest BCUT2D eigenvalue weighted by atomic mass is 35.5. The van der Waals surface area contributed by atoms with Gasteiger partial charge in [0.1, 0.15) is 11.6 Å². The van der Waals surface area contributed by atoms with Gasteiger partial charge in [0.05, 0.1) is 16.6 Å². The Labute approximate surface area is 139 Å². The minimum Gasteiger partial charge on any atom is -0.480 e. The average molecular weight is 348 g/mol. The fraction of sp³-hybridized carbons (Fsp3) is 0.467. The number of rotatable bonds is 6. The van der Waals surface area contributed by atoms with Gasteiger partial charge in [0.25, 0.3) is 0 Å². The molecule has 1 aromatic carbocycles. The van der Waals surface area contributed by atoms with Crippen LogP contribution in [0.25, 0.3) is 0 Å². The molecule has 22 heavy (non-hydrogen) atoms. The van der Waals surface area contributed by atoms with Crippen molar-refractivity contribution in [3.63, 3.8) is 0 Å². The topological polar surface area (TPSA) is 75.6 Å². The maximum Gasteiger partial charge on any atom is 0.321 e. The first-order valence-electron chi connectivity index (χ1n) is 6.70. The molecule has 5 nitrogen and oxygen atoms in total. The molecule has 0 bridgehead atoms. The van der Waals surface area contributed by atoms with Gasteiger partial charge in [0.15, 0.2) is 0 Å². The number of ether oxygens (including phenoxy) is 1. The molecule has 2 N–H and O–H groups in total. The fourth-order valence-electron chi connectivity index (χ4n) is 1.73. The Kier molecular flexibility index (Phi) is 6.66. The smallest absolute Gasteiger partial charge is 0.321 e. The van der Waals surface area contributed by atoms with Crippen LogP contribution < -0.4 is 5.32 Å². The lowest BCUT2D eigenvalue weighted by molar-refractivity contribution is -0.154. The summed E-state index contributed by atoms with van der Waals surface area (Å²) >= 11 is 11.7. The number of nitrogens with one attached hydrogen (secondary N) is 1. The highest BCUT2D eigenvalue weighted by Crippen LogP contribution is 2.23. The molecule has 7 heteroatoms. The van der Waals surface area contributed by atoms with Crippen molar-refractivity contribution in [2.45, 2.75) is 38.8 Å². The van der Waals surface area contributed by atoms with E-state index in [1.165, 1.54) is 0 Å². The second-order valence-electron chi connectivity index (χ2n) is 5.81. The van der Waals surface area contributed by atoms with E-state index in [9.17, 15) is 14.7 Å². The third kappa shape index (κ3) is 6.64. The molecular formula is C15H19Cl2NO4. The molecule has 0 spiro atoms. The number of esters is 1. The summed E-state index contributed by atoms with van der Waals surface area (Å²) < 4.78 is 5.12. The minimum absolute atomic E-state index is 0.176. The summed E-state index contributed by atoms with van der Waals surface area (Å²) in [5.74, 6) is -1.57. The Morgan fingerprint density at radius 3 is 2.41 bits per heavy atom. The van der Waals surface area contributed by atoms with Gasteiger partial charge in [-0.15, -0.1) is 0 Å². The van der Waals surface area contributed by atoms with Crippen LogP contribution in [0.2, 0.25) is 10.0 Å². The molecule has 0 aliphatic rings. The predicted octanol–water partition coefficient (Wildman–Crippen LogP) is 2.92. The third-order valence-corrected chi connectivity index (χ3v) is 3.37. The molecule has 1 rings (SSSR count). The number of carboxylic acid groups (broad SMARTS) is 1. The van der Waals surface area contributed by atoms with Gasteiger partial charge in [0, 0.05) is 0 Å². The standard InChI is InChI=1S/C15H19Cl2NO4/c1-15(2,3)22-13(19)8-18-12(14(20)21)7-9-4-5-10(16)11(17)6-9/h4-6,12,18H,7-8H2,1-3H3,(H,20,21). The Morgan fingerprint density at radius 2 is 1.91 bits per heavy atom. The molecule has 1 unspecified atom stereocenters. The molecule has 0 aliphatic carbocycles. The van der Waals surface area contributed by atoms with E-state index in [4.69, 9.17) is 27.9 Å². The van der Waals surface area contributed by atoms with E-state index in [1.54, 1.807) is 39.0 Å². The second kappa shape index (κ2) is 7.81. The van der Waals surface area contributed by atoms with Crippen LogP contribution in [-0.2, 0) is 20.7 Å². The quantitative estimate of drug-likeness (QED) is 0.773. The number of hydrogen-bond acceptors (Lipinski definition) is 4. The number of carbonyl (C=O) groups excluding carboxylic acids is 1. The molecular weight excluding hydrogens is 329 g/mol. The van der Waals surface area contributed by atoms with Crippen molar-refractivity contribution >= 4 is 35.1 Å². The van der Waals surface area contributed by atoms with E-state index in [0.29, 0.717) is 15.6 Å². The highest BCUT2D eigenvalue weighted by Gasteiger charge is 2.21. The molecule has 0 radical (unpaired) electrons. The molecule has 0 aliphatic heterocycles. The number of benzene rings is 1. The van der Waals surface area contributed by atoms with Crippen molar-refractivity contribution in [2.24, 2.45) is 0 Å². The molecule has 0 aromatic heterocycles. The predicted molar refractivity (Wildman–Crippen MR) is 85.4 cm³/mol. The Hall–Kier alpha value is -1.30. The van der Waals surface area contributed by atoms with Crippen LogP contribution in [0, 0.1) is 0 Å². The number of aliphatic carboxylic acids is 1. The summed E-state index contributed by atoms with van der Waals surface area (Å²) in [6.07, 6.45) is 0.176.